The summed E-state index contributed by atoms with van der Waals surface area (Å²) in [6.45, 7) is 3.67. The second-order valence-corrected chi connectivity index (χ2v) is 7.05. The maximum Gasteiger partial charge on any atom is 0.321 e. The van der Waals surface area contributed by atoms with E-state index in [1.54, 1.807) is 6.20 Å². The fourth-order valence-corrected chi connectivity index (χ4v) is 3.67. The van der Waals surface area contributed by atoms with Crippen LogP contribution in [-0.2, 0) is 11.3 Å². The van der Waals surface area contributed by atoms with Crippen molar-refractivity contribution in [2.45, 2.75) is 58.5 Å². The molecule has 1 heterocycles. The SMILES string of the molecule is Cc1cccc(C)c1-n1ccn(CC(=O)NC2CCCCC2)c(=O)c1=O. The zero-order chi connectivity index (χ0) is 18.7. The third kappa shape index (κ3) is 3.79. The number of rotatable bonds is 4. The van der Waals surface area contributed by atoms with Gasteiger partial charge in [-0.2, -0.15) is 0 Å². The Hall–Kier alpha value is -2.63. The largest absolute Gasteiger partial charge is 0.352 e. The lowest BCUT2D eigenvalue weighted by atomic mass is 9.95. The number of carbonyl (C=O) groups excluding carboxylic acids is 1. The molecule has 1 aromatic carbocycles. The van der Waals surface area contributed by atoms with Gasteiger partial charge in [-0.3, -0.25) is 23.5 Å². The minimum atomic E-state index is -0.686. The first kappa shape index (κ1) is 18.2. The van der Waals surface area contributed by atoms with Crippen molar-refractivity contribution in [1.29, 1.82) is 0 Å². The predicted octanol–water partition coefficient (Wildman–Crippen LogP) is 2.06. The second-order valence-electron chi connectivity index (χ2n) is 7.05. The van der Waals surface area contributed by atoms with Crippen LogP contribution in [0.2, 0.25) is 0 Å². The van der Waals surface area contributed by atoms with Crippen LogP contribution in [-0.4, -0.2) is 21.1 Å². The van der Waals surface area contributed by atoms with Crippen molar-refractivity contribution in [1.82, 2.24) is 14.5 Å². The van der Waals surface area contributed by atoms with Gasteiger partial charge in [0, 0.05) is 18.4 Å². The molecule has 0 spiro atoms. The number of nitrogens with zero attached hydrogens (tertiary/aromatic N) is 2. The van der Waals surface area contributed by atoms with Crippen LogP contribution in [0.3, 0.4) is 0 Å². The first-order valence-corrected chi connectivity index (χ1v) is 9.15. The van der Waals surface area contributed by atoms with Gasteiger partial charge in [-0.1, -0.05) is 37.5 Å². The summed E-state index contributed by atoms with van der Waals surface area (Å²) < 4.78 is 2.55. The summed E-state index contributed by atoms with van der Waals surface area (Å²) in [6, 6.07) is 5.90. The number of aromatic nitrogens is 2. The highest BCUT2D eigenvalue weighted by molar-refractivity contribution is 5.76. The molecule has 1 aromatic heterocycles. The molecule has 6 heteroatoms. The molecule has 6 nitrogen and oxygen atoms in total. The van der Waals surface area contributed by atoms with Crippen molar-refractivity contribution < 1.29 is 4.79 Å². The van der Waals surface area contributed by atoms with Crippen molar-refractivity contribution in [3.05, 3.63) is 62.4 Å². The Morgan fingerprint density at radius 2 is 1.69 bits per heavy atom. The molecule has 1 saturated carbocycles. The minimum Gasteiger partial charge on any atom is -0.352 e. The van der Waals surface area contributed by atoms with E-state index in [9.17, 15) is 14.4 Å². The maximum absolute atomic E-state index is 12.6. The molecule has 1 amide bonds. The van der Waals surface area contributed by atoms with Gasteiger partial charge in [0.2, 0.25) is 5.91 Å². The van der Waals surface area contributed by atoms with Crippen molar-refractivity contribution in [2.75, 3.05) is 0 Å². The van der Waals surface area contributed by atoms with Crippen LogP contribution in [0.25, 0.3) is 5.69 Å². The molecule has 0 unspecified atom stereocenters. The molecule has 1 N–H and O–H groups in total. The second kappa shape index (κ2) is 7.72. The van der Waals surface area contributed by atoms with Crippen molar-refractivity contribution >= 4 is 5.91 Å². The van der Waals surface area contributed by atoms with Gasteiger partial charge in [0.15, 0.2) is 0 Å². The van der Waals surface area contributed by atoms with E-state index in [0.29, 0.717) is 5.69 Å². The molecule has 26 heavy (non-hydrogen) atoms. The highest BCUT2D eigenvalue weighted by Crippen LogP contribution is 2.17. The van der Waals surface area contributed by atoms with E-state index in [1.807, 2.05) is 32.0 Å². The number of nitrogens with one attached hydrogen (secondary N) is 1. The first-order valence-electron chi connectivity index (χ1n) is 9.15. The fraction of sp³-hybridized carbons (Fsp3) is 0.450. The van der Waals surface area contributed by atoms with Crippen molar-refractivity contribution in [2.24, 2.45) is 0 Å². The topological polar surface area (TPSA) is 73.1 Å². The molecule has 1 fully saturated rings. The molecule has 3 rings (SSSR count). The average molecular weight is 355 g/mol. The van der Waals surface area contributed by atoms with Gasteiger partial charge in [0.25, 0.3) is 0 Å². The average Bonchev–Trinajstić information content (AvgIpc) is 2.61. The summed E-state index contributed by atoms with van der Waals surface area (Å²) in [7, 11) is 0. The van der Waals surface area contributed by atoms with E-state index >= 15 is 0 Å². The Morgan fingerprint density at radius 3 is 2.35 bits per heavy atom. The van der Waals surface area contributed by atoms with Crippen LogP contribution in [0.1, 0.15) is 43.2 Å². The molecule has 138 valence electrons. The van der Waals surface area contributed by atoms with Crippen LogP contribution in [0, 0.1) is 13.8 Å². The summed E-state index contributed by atoms with van der Waals surface area (Å²) in [5, 5.41) is 2.97. The van der Waals surface area contributed by atoms with Gasteiger partial charge in [-0.25, -0.2) is 0 Å². The Balaban J connectivity index is 1.83. The molecule has 0 bridgehead atoms. The third-order valence-electron chi connectivity index (χ3n) is 5.02. The van der Waals surface area contributed by atoms with Crippen molar-refractivity contribution in [3.8, 4) is 5.69 Å². The smallest absolute Gasteiger partial charge is 0.321 e. The lowest BCUT2D eigenvalue weighted by Gasteiger charge is -2.22. The summed E-state index contributed by atoms with van der Waals surface area (Å²) in [5.41, 5.74) is 1.22. The lowest BCUT2D eigenvalue weighted by Crippen LogP contribution is -2.44. The molecule has 0 atom stereocenters. The number of hydrogen-bond acceptors (Lipinski definition) is 3. The Kier molecular flexibility index (Phi) is 5.40. The minimum absolute atomic E-state index is 0.127. The molecule has 1 aliphatic carbocycles. The predicted molar refractivity (Wildman–Crippen MR) is 101 cm³/mol. The Morgan fingerprint density at radius 1 is 1.04 bits per heavy atom. The Bertz CT molecular complexity index is 900. The molecule has 0 radical (unpaired) electrons. The molecular weight excluding hydrogens is 330 g/mol. The van der Waals surface area contributed by atoms with E-state index in [-0.39, 0.29) is 18.5 Å². The van der Waals surface area contributed by atoms with Gasteiger partial charge in [0.05, 0.1) is 5.69 Å². The number of carbonyl (C=O) groups is 1. The van der Waals surface area contributed by atoms with E-state index in [4.69, 9.17) is 0 Å². The number of hydrogen-bond donors (Lipinski definition) is 1. The summed E-state index contributed by atoms with van der Waals surface area (Å²) in [4.78, 5) is 37.3. The van der Waals surface area contributed by atoms with E-state index < -0.39 is 11.1 Å². The number of amides is 1. The number of para-hydroxylation sites is 1. The van der Waals surface area contributed by atoms with Crippen LogP contribution < -0.4 is 16.4 Å². The van der Waals surface area contributed by atoms with Crippen LogP contribution >= 0.6 is 0 Å². The Labute approximate surface area is 152 Å². The van der Waals surface area contributed by atoms with Crippen LogP contribution in [0.4, 0.5) is 0 Å². The van der Waals surface area contributed by atoms with E-state index in [2.05, 4.69) is 5.32 Å². The van der Waals surface area contributed by atoms with Gasteiger partial charge in [-0.05, 0) is 37.8 Å². The van der Waals surface area contributed by atoms with Crippen molar-refractivity contribution in [3.63, 3.8) is 0 Å². The molecule has 1 aliphatic rings. The van der Waals surface area contributed by atoms with Crippen LogP contribution in [0.5, 0.6) is 0 Å². The highest BCUT2D eigenvalue weighted by atomic mass is 16.2. The molecule has 2 aromatic rings. The fourth-order valence-electron chi connectivity index (χ4n) is 3.67. The normalized spacial score (nSPS) is 15.0. The highest BCUT2D eigenvalue weighted by Gasteiger charge is 2.17. The number of aryl methyl sites for hydroxylation is 2. The molecular formula is C20H25N3O3. The van der Waals surface area contributed by atoms with Gasteiger partial charge in [0.1, 0.15) is 6.54 Å². The third-order valence-corrected chi connectivity index (χ3v) is 5.02. The zero-order valence-electron chi connectivity index (χ0n) is 15.3. The quantitative estimate of drug-likeness (QED) is 0.853. The molecule has 0 saturated heterocycles. The van der Waals surface area contributed by atoms with E-state index in [0.717, 1.165) is 36.8 Å². The number of benzene rings is 1. The van der Waals surface area contributed by atoms with Crippen LogP contribution in [0.15, 0.2) is 40.2 Å². The first-order chi connectivity index (χ1) is 12.5. The van der Waals surface area contributed by atoms with Gasteiger partial charge >= 0.3 is 11.1 Å². The monoisotopic (exact) mass is 355 g/mol. The summed E-state index contributed by atoms with van der Waals surface area (Å²) in [5.74, 6) is -0.219. The molecule has 0 aliphatic heterocycles. The standard InChI is InChI=1S/C20H25N3O3/c1-14-7-6-8-15(2)18(14)23-12-11-22(19(25)20(23)26)13-17(24)21-16-9-4-3-5-10-16/h6-8,11-12,16H,3-5,9-10,13H2,1-2H3,(H,21,24). The zero-order valence-corrected chi connectivity index (χ0v) is 15.3. The van der Waals surface area contributed by atoms with E-state index in [1.165, 1.54) is 21.8 Å². The van der Waals surface area contributed by atoms with Gasteiger partial charge in [-0.15, -0.1) is 0 Å². The summed E-state index contributed by atoms with van der Waals surface area (Å²) >= 11 is 0. The summed E-state index contributed by atoms with van der Waals surface area (Å²) in [6.07, 6.45) is 8.49. The lowest BCUT2D eigenvalue weighted by molar-refractivity contribution is -0.122. The van der Waals surface area contributed by atoms with Gasteiger partial charge < -0.3 is 5.32 Å². The maximum atomic E-state index is 12.6.